The molecule has 0 N–H and O–H groups in total. The Bertz CT molecular complexity index is 808. The van der Waals surface area contributed by atoms with Crippen molar-refractivity contribution in [2.75, 3.05) is 24.6 Å². The lowest BCUT2D eigenvalue weighted by Gasteiger charge is -2.28. The van der Waals surface area contributed by atoms with Crippen molar-refractivity contribution >= 4 is 5.95 Å². The molecule has 3 heterocycles. The molecule has 0 bridgehead atoms. The minimum absolute atomic E-state index is 0.0102. The van der Waals surface area contributed by atoms with Crippen molar-refractivity contribution in [2.24, 2.45) is 11.3 Å². The average Bonchev–Trinajstić information content (AvgIpc) is 3.19. The first-order valence-electron chi connectivity index (χ1n) is 8.27. The van der Waals surface area contributed by atoms with Gasteiger partial charge in [0.15, 0.2) is 5.82 Å². The maximum Gasteiger partial charge on any atom is 0.316 e. The number of hydrogen-bond donors (Lipinski definition) is 0. The molecule has 0 amide bonds. The standard InChI is InChI=1S/C17H17FN6O/c18-13-7-21-16(22-8-13)25-11-17-4-1-2-12(17)9-24(10-17)15-20-5-3-14(6-19)23-15/h3,5,7-8,12H,1-2,4,9-11H2. The number of ether oxygens (including phenoxy) is 1. The summed E-state index contributed by atoms with van der Waals surface area (Å²) in [5.74, 6) is 0.582. The molecule has 0 radical (unpaired) electrons. The van der Waals surface area contributed by atoms with E-state index >= 15 is 0 Å². The zero-order chi connectivity index (χ0) is 17.3. The first kappa shape index (κ1) is 15.7. The normalized spacial score (nSPS) is 24.8. The van der Waals surface area contributed by atoms with Crippen molar-refractivity contribution in [1.29, 1.82) is 5.26 Å². The minimum Gasteiger partial charge on any atom is -0.463 e. The summed E-state index contributed by atoms with van der Waals surface area (Å²) in [6.07, 6.45) is 7.16. The Morgan fingerprint density at radius 2 is 2.20 bits per heavy atom. The summed E-state index contributed by atoms with van der Waals surface area (Å²) in [5, 5.41) is 9.03. The van der Waals surface area contributed by atoms with Crippen LogP contribution in [0.1, 0.15) is 25.0 Å². The van der Waals surface area contributed by atoms with E-state index in [0.29, 0.717) is 24.2 Å². The van der Waals surface area contributed by atoms with Gasteiger partial charge in [-0.3, -0.25) is 0 Å². The van der Waals surface area contributed by atoms with Crippen molar-refractivity contribution in [2.45, 2.75) is 19.3 Å². The second-order valence-corrected chi connectivity index (χ2v) is 6.66. The van der Waals surface area contributed by atoms with Crippen LogP contribution in [0.25, 0.3) is 0 Å². The summed E-state index contributed by atoms with van der Waals surface area (Å²) in [5.41, 5.74) is 0.357. The predicted octanol–water partition coefficient (Wildman–Crippen LogP) is 1.96. The van der Waals surface area contributed by atoms with Gasteiger partial charge < -0.3 is 9.64 Å². The van der Waals surface area contributed by atoms with Gasteiger partial charge in [0.25, 0.3) is 0 Å². The number of nitriles is 1. The molecule has 2 aliphatic rings. The number of aromatic nitrogens is 4. The highest BCUT2D eigenvalue weighted by atomic mass is 19.1. The molecule has 2 atom stereocenters. The Hall–Kier alpha value is -2.82. The summed E-state index contributed by atoms with van der Waals surface area (Å²) in [6, 6.07) is 3.85. The monoisotopic (exact) mass is 340 g/mol. The fourth-order valence-electron chi connectivity index (χ4n) is 3.95. The zero-order valence-electron chi connectivity index (χ0n) is 13.6. The molecule has 1 saturated heterocycles. The van der Waals surface area contributed by atoms with E-state index in [1.54, 1.807) is 12.3 Å². The molecular formula is C17H17FN6O. The maximum atomic E-state index is 12.9. The lowest BCUT2D eigenvalue weighted by atomic mass is 9.82. The van der Waals surface area contributed by atoms with E-state index in [1.165, 1.54) is 0 Å². The number of rotatable bonds is 4. The van der Waals surface area contributed by atoms with Gasteiger partial charge in [-0.15, -0.1) is 0 Å². The quantitative estimate of drug-likeness (QED) is 0.840. The van der Waals surface area contributed by atoms with Gasteiger partial charge in [-0.25, -0.2) is 24.3 Å². The fourth-order valence-corrected chi connectivity index (χ4v) is 3.95. The summed E-state index contributed by atoms with van der Waals surface area (Å²) in [6.45, 7) is 2.11. The summed E-state index contributed by atoms with van der Waals surface area (Å²) in [7, 11) is 0. The van der Waals surface area contributed by atoms with Gasteiger partial charge in [-0.05, 0) is 24.8 Å². The van der Waals surface area contributed by atoms with Gasteiger partial charge in [0.1, 0.15) is 11.8 Å². The third-order valence-electron chi connectivity index (χ3n) is 5.17. The number of halogens is 1. The topological polar surface area (TPSA) is 87.8 Å². The van der Waals surface area contributed by atoms with Crippen LogP contribution in [-0.4, -0.2) is 39.6 Å². The van der Waals surface area contributed by atoms with E-state index in [1.807, 2.05) is 0 Å². The second-order valence-electron chi connectivity index (χ2n) is 6.66. The fraction of sp³-hybridized carbons (Fsp3) is 0.471. The molecule has 4 rings (SSSR count). The van der Waals surface area contributed by atoms with Crippen LogP contribution in [0.4, 0.5) is 10.3 Å². The molecule has 2 unspecified atom stereocenters. The maximum absolute atomic E-state index is 12.9. The van der Waals surface area contributed by atoms with E-state index in [0.717, 1.165) is 44.7 Å². The lowest BCUT2D eigenvalue weighted by Crippen LogP contribution is -2.34. The van der Waals surface area contributed by atoms with Crippen LogP contribution in [0.3, 0.4) is 0 Å². The Morgan fingerprint density at radius 3 is 3.00 bits per heavy atom. The van der Waals surface area contributed by atoms with Gasteiger partial charge in [-0.1, -0.05) is 6.42 Å². The molecule has 0 spiro atoms. The van der Waals surface area contributed by atoms with Crippen LogP contribution in [-0.2, 0) is 0 Å². The van der Waals surface area contributed by atoms with E-state index < -0.39 is 5.82 Å². The van der Waals surface area contributed by atoms with Crippen LogP contribution < -0.4 is 9.64 Å². The van der Waals surface area contributed by atoms with Crippen molar-refractivity contribution in [3.05, 3.63) is 36.2 Å². The van der Waals surface area contributed by atoms with E-state index in [4.69, 9.17) is 10.00 Å². The summed E-state index contributed by atoms with van der Waals surface area (Å²) in [4.78, 5) is 18.5. The molecule has 7 nitrogen and oxygen atoms in total. The third kappa shape index (κ3) is 2.97. The van der Waals surface area contributed by atoms with Crippen LogP contribution in [0, 0.1) is 28.5 Å². The van der Waals surface area contributed by atoms with Crippen molar-refractivity contribution in [1.82, 2.24) is 19.9 Å². The van der Waals surface area contributed by atoms with Crippen molar-refractivity contribution < 1.29 is 9.13 Å². The predicted molar refractivity (Wildman–Crippen MR) is 86.2 cm³/mol. The Balaban J connectivity index is 1.50. The SMILES string of the molecule is N#Cc1ccnc(N2CC3CCCC3(COc3ncc(F)cn3)C2)n1. The van der Waals surface area contributed by atoms with E-state index in [9.17, 15) is 4.39 Å². The molecular weight excluding hydrogens is 323 g/mol. The molecule has 128 valence electrons. The number of anilines is 1. The van der Waals surface area contributed by atoms with Gasteiger partial charge in [0.05, 0.1) is 19.0 Å². The zero-order valence-corrected chi connectivity index (χ0v) is 13.6. The molecule has 0 aromatic carbocycles. The van der Waals surface area contributed by atoms with Gasteiger partial charge in [-0.2, -0.15) is 5.26 Å². The van der Waals surface area contributed by atoms with Crippen LogP contribution in [0.5, 0.6) is 6.01 Å². The van der Waals surface area contributed by atoms with Crippen molar-refractivity contribution in [3.8, 4) is 12.1 Å². The largest absolute Gasteiger partial charge is 0.463 e. The number of fused-ring (bicyclic) bond motifs is 1. The molecule has 2 aromatic heterocycles. The highest BCUT2D eigenvalue weighted by Gasteiger charge is 2.50. The second kappa shape index (κ2) is 6.24. The molecule has 1 saturated carbocycles. The third-order valence-corrected chi connectivity index (χ3v) is 5.17. The molecule has 8 heteroatoms. The summed E-state index contributed by atoms with van der Waals surface area (Å²) >= 11 is 0. The molecule has 1 aliphatic heterocycles. The van der Waals surface area contributed by atoms with Gasteiger partial charge >= 0.3 is 6.01 Å². The molecule has 2 fully saturated rings. The Kier molecular flexibility index (Phi) is 3.92. The van der Waals surface area contributed by atoms with Crippen LogP contribution >= 0.6 is 0 Å². The van der Waals surface area contributed by atoms with E-state index in [2.05, 4.69) is 30.9 Å². The first-order valence-corrected chi connectivity index (χ1v) is 8.27. The van der Waals surface area contributed by atoms with Crippen LogP contribution in [0.15, 0.2) is 24.7 Å². The van der Waals surface area contributed by atoms with Gasteiger partial charge in [0, 0.05) is 24.7 Å². The molecule has 25 heavy (non-hydrogen) atoms. The van der Waals surface area contributed by atoms with Gasteiger partial charge in [0.2, 0.25) is 5.95 Å². The number of nitrogens with zero attached hydrogens (tertiary/aromatic N) is 6. The van der Waals surface area contributed by atoms with E-state index in [-0.39, 0.29) is 11.4 Å². The Labute approximate surface area is 144 Å². The molecule has 1 aliphatic carbocycles. The van der Waals surface area contributed by atoms with Crippen LogP contribution in [0.2, 0.25) is 0 Å². The number of hydrogen-bond acceptors (Lipinski definition) is 7. The van der Waals surface area contributed by atoms with Crippen molar-refractivity contribution in [3.63, 3.8) is 0 Å². The molecule has 2 aromatic rings. The highest BCUT2D eigenvalue weighted by Crippen LogP contribution is 2.49. The highest BCUT2D eigenvalue weighted by molar-refractivity contribution is 5.37. The summed E-state index contributed by atoms with van der Waals surface area (Å²) < 4.78 is 18.7. The Morgan fingerprint density at radius 1 is 1.36 bits per heavy atom. The smallest absolute Gasteiger partial charge is 0.316 e. The minimum atomic E-state index is -0.481. The lowest BCUT2D eigenvalue weighted by molar-refractivity contribution is 0.129. The first-order chi connectivity index (χ1) is 12.2. The average molecular weight is 340 g/mol.